The first-order chi connectivity index (χ1) is 17.8. The van der Waals surface area contributed by atoms with Gasteiger partial charge in [0.05, 0.1) is 37.6 Å². The minimum absolute atomic E-state index is 0. The molecule has 0 spiro atoms. The highest BCUT2D eigenvalue weighted by Crippen LogP contribution is 2.29. The Morgan fingerprint density at radius 2 is 0.667 bits per heavy atom. The van der Waals surface area contributed by atoms with E-state index in [1.54, 1.807) is 12.1 Å². The third kappa shape index (κ3) is 19.0. The predicted molar refractivity (Wildman–Crippen MR) is 159 cm³/mol. The molecular weight excluding hydrogens is 654 g/mol. The van der Waals surface area contributed by atoms with Crippen LogP contribution in [0.5, 0.6) is 0 Å². The molecule has 1 aromatic rings. The Hall–Kier alpha value is -3.28. The number of hydrogen-bond acceptors (Lipinski definition) is 10. The second-order valence-corrected chi connectivity index (χ2v) is 8.12. The van der Waals surface area contributed by atoms with Gasteiger partial charge in [0.1, 0.15) is 13.1 Å². The van der Waals surface area contributed by atoms with E-state index in [-0.39, 0.29) is 87.2 Å². The Balaban J connectivity index is -0.00000180. The number of hydrogen-bond donors (Lipinski definition) is 6. The molecule has 6 N–H and O–H groups in total. The molecule has 0 saturated carbocycles. The fraction of sp³-hybridized carbons (Fsp3) is 0.455. The van der Waals surface area contributed by atoms with Crippen LogP contribution in [0.15, 0.2) is 24.3 Å². The Bertz CT molecular complexity index is 926. The molecule has 0 bridgehead atoms. The zero-order valence-corrected chi connectivity index (χ0v) is 25.2. The molecule has 1 aromatic carbocycles. The molecule has 42 heavy (non-hydrogen) atoms. The summed E-state index contributed by atoms with van der Waals surface area (Å²) < 4.78 is 0. The smallest absolute Gasteiger partial charge is 0.323 e. The van der Waals surface area contributed by atoms with E-state index in [1.165, 1.54) is 21.9 Å². The van der Waals surface area contributed by atoms with Gasteiger partial charge in [-0.25, -0.2) is 0 Å². The fourth-order valence-electron chi connectivity index (χ4n) is 3.61. The average molecular weight is 688 g/mol. The van der Waals surface area contributed by atoms with E-state index in [4.69, 9.17) is 20.4 Å². The van der Waals surface area contributed by atoms with Crippen molar-refractivity contribution in [2.24, 2.45) is 0 Å². The molecule has 0 atom stereocenters. The van der Waals surface area contributed by atoms with Gasteiger partial charge < -0.3 is 40.4 Å². The summed E-state index contributed by atoms with van der Waals surface area (Å²) >= 11 is 0. The topological polar surface area (TPSA) is 237 Å². The largest absolute Gasteiger partial charge is 0.480 e. The number of benzene rings is 1. The summed E-state index contributed by atoms with van der Waals surface area (Å²) in [5, 5.41) is 55.1. The maximum Gasteiger partial charge on any atom is 0.323 e. The van der Waals surface area contributed by atoms with Gasteiger partial charge in [-0.3, -0.25) is 38.6 Å². The van der Waals surface area contributed by atoms with E-state index in [9.17, 15) is 39.0 Å². The van der Waals surface area contributed by atoms with E-state index >= 15 is 0 Å². The van der Waals surface area contributed by atoms with Gasteiger partial charge in [0.2, 0.25) is 0 Å². The third-order valence-electron chi connectivity index (χ3n) is 5.02. The maximum atomic E-state index is 11.6. The normalized spacial score (nSPS) is 9.76. The lowest BCUT2D eigenvalue weighted by atomic mass is 10.2. The van der Waals surface area contributed by atoms with Gasteiger partial charge >= 0.3 is 35.8 Å². The first-order valence-corrected chi connectivity index (χ1v) is 11.1. The molecule has 16 nitrogen and oxygen atoms in total. The molecule has 0 aliphatic carbocycles. The Labute approximate surface area is 265 Å². The van der Waals surface area contributed by atoms with Crippen molar-refractivity contribution in [2.45, 2.75) is 0 Å². The molecule has 0 fully saturated rings. The molecule has 0 heterocycles. The molecule has 20 heteroatoms. The van der Waals surface area contributed by atoms with Crippen LogP contribution in [0.25, 0.3) is 0 Å². The highest BCUT2D eigenvalue weighted by Gasteiger charge is 2.23. The van der Waals surface area contributed by atoms with Crippen LogP contribution in [-0.4, -0.2) is 142 Å². The number of rotatable bonds is 20. The molecule has 0 amide bonds. The van der Waals surface area contributed by atoms with Gasteiger partial charge in [-0.05, 0) is 12.1 Å². The number of carboxylic acid groups (broad SMARTS) is 6. The molecule has 0 aromatic heterocycles. The van der Waals surface area contributed by atoms with Gasteiger partial charge in [0, 0.05) is 26.2 Å². The molecule has 0 aliphatic rings. The summed E-state index contributed by atoms with van der Waals surface area (Å²) in [6.45, 7) is -4.16. The van der Waals surface area contributed by atoms with Crippen molar-refractivity contribution >= 4 is 96.8 Å². The predicted octanol–water partition coefficient (Wildman–Crippen LogP) is 0.0982. The summed E-state index contributed by atoms with van der Waals surface area (Å²) in [5.74, 6) is -7.65. The molecule has 0 unspecified atom stereocenters. The van der Waals surface area contributed by atoms with Gasteiger partial charge in [-0.2, -0.15) is 0 Å². The van der Waals surface area contributed by atoms with Crippen molar-refractivity contribution in [2.75, 3.05) is 75.2 Å². The minimum atomic E-state index is -1.28. The van der Waals surface area contributed by atoms with Crippen LogP contribution in [0, 0.1) is 0 Å². The summed E-state index contributed by atoms with van der Waals surface area (Å²) in [7, 11) is 0. The van der Waals surface area contributed by atoms with Gasteiger partial charge in [0.15, 0.2) is 0 Å². The molecule has 0 saturated heterocycles. The number of nitrogens with zero attached hydrogens (tertiary/aromatic N) is 4. The van der Waals surface area contributed by atoms with Crippen LogP contribution < -0.4 is 9.80 Å². The number of aliphatic carboxylic acids is 6. The quantitative estimate of drug-likeness (QED) is 0.107. The van der Waals surface area contributed by atoms with E-state index in [1.807, 2.05) is 0 Å². The van der Waals surface area contributed by atoms with Crippen LogP contribution in [0.2, 0.25) is 0 Å². The van der Waals surface area contributed by atoms with Crippen LogP contribution in [0.4, 0.5) is 11.4 Å². The lowest BCUT2D eigenvalue weighted by molar-refractivity contribution is -0.143. The first-order valence-electron chi connectivity index (χ1n) is 11.1. The minimum Gasteiger partial charge on any atom is -0.480 e. The van der Waals surface area contributed by atoms with Crippen LogP contribution in [0.1, 0.15) is 0 Å². The summed E-state index contributed by atoms with van der Waals surface area (Å²) in [6.07, 6.45) is 0. The molecular formula is C22H34Cl4N4O12. The third-order valence-corrected chi connectivity index (χ3v) is 5.02. The van der Waals surface area contributed by atoms with Crippen molar-refractivity contribution in [3.05, 3.63) is 24.3 Å². The van der Waals surface area contributed by atoms with E-state index in [2.05, 4.69) is 0 Å². The van der Waals surface area contributed by atoms with Crippen LogP contribution in [-0.2, 0) is 28.8 Å². The molecule has 0 aliphatic heterocycles. The number of carboxylic acids is 6. The Morgan fingerprint density at radius 1 is 0.429 bits per heavy atom. The average Bonchev–Trinajstić information content (AvgIpc) is 2.77. The summed E-state index contributed by atoms with van der Waals surface area (Å²) in [5.41, 5.74) is 0.481. The van der Waals surface area contributed by atoms with Crippen molar-refractivity contribution in [1.82, 2.24) is 9.80 Å². The monoisotopic (exact) mass is 686 g/mol. The number of anilines is 2. The SMILES string of the molecule is Cl.Cl.Cl.Cl.O=C(O)CN(CCN(CC(=O)O)c1ccccc1N(CCN(CC(=O)O)CC(=O)O)CC(=O)O)CC(=O)O. The molecule has 0 radical (unpaired) electrons. The highest BCUT2D eigenvalue weighted by molar-refractivity contribution is 5.86. The van der Waals surface area contributed by atoms with Crippen molar-refractivity contribution in [1.29, 1.82) is 0 Å². The van der Waals surface area contributed by atoms with Crippen molar-refractivity contribution in [3.63, 3.8) is 0 Å². The fourth-order valence-corrected chi connectivity index (χ4v) is 3.61. The standard InChI is InChI=1S/C22H30N4O12.4ClH/c27-17(28)9-23(10-18(29)30)5-7-25(13-21(35)36)15-3-1-2-4-16(15)26(14-22(37)38)8-6-24(11-19(31)32)12-20(33)34;;;;/h1-4H,5-14H2,(H,27,28)(H,29,30)(H,31,32)(H,33,34)(H,35,36)(H,37,38);4*1H. The van der Waals surface area contributed by atoms with Gasteiger partial charge in [0.25, 0.3) is 0 Å². The number of para-hydroxylation sites is 2. The summed E-state index contributed by atoms with van der Waals surface area (Å²) in [6, 6.07) is 6.11. The van der Waals surface area contributed by atoms with Crippen LogP contribution in [0.3, 0.4) is 0 Å². The van der Waals surface area contributed by atoms with E-state index in [0.717, 1.165) is 9.80 Å². The second kappa shape index (κ2) is 23.3. The Kier molecular flexibility index (Phi) is 25.4. The van der Waals surface area contributed by atoms with E-state index in [0.29, 0.717) is 0 Å². The lowest BCUT2D eigenvalue weighted by Gasteiger charge is -2.33. The van der Waals surface area contributed by atoms with Gasteiger partial charge in [-0.1, -0.05) is 12.1 Å². The van der Waals surface area contributed by atoms with Crippen molar-refractivity contribution < 1.29 is 59.4 Å². The second-order valence-electron chi connectivity index (χ2n) is 8.12. The summed E-state index contributed by atoms with van der Waals surface area (Å²) in [4.78, 5) is 72.4. The van der Waals surface area contributed by atoms with Crippen LogP contribution >= 0.6 is 49.6 Å². The Morgan fingerprint density at radius 3 is 0.881 bits per heavy atom. The maximum absolute atomic E-state index is 11.6. The molecule has 242 valence electrons. The van der Waals surface area contributed by atoms with Crippen molar-refractivity contribution in [3.8, 4) is 0 Å². The highest BCUT2D eigenvalue weighted by atomic mass is 35.5. The lowest BCUT2D eigenvalue weighted by Crippen LogP contribution is -2.44. The van der Waals surface area contributed by atoms with Gasteiger partial charge in [-0.15, -0.1) is 49.6 Å². The zero-order valence-electron chi connectivity index (χ0n) is 21.9. The first kappa shape index (κ1) is 45.7. The van der Waals surface area contributed by atoms with E-state index < -0.39 is 75.1 Å². The number of carbonyl (C=O) groups is 6. The zero-order chi connectivity index (χ0) is 28.8. The number of halogens is 4. The molecule has 1 rings (SSSR count).